The second-order valence-electron chi connectivity index (χ2n) is 4.70. The molecule has 0 saturated carbocycles. The molecular formula is C16H14ClFN2O2. The molecule has 0 aliphatic carbocycles. The van der Waals surface area contributed by atoms with Crippen LogP contribution in [0.15, 0.2) is 42.5 Å². The van der Waals surface area contributed by atoms with Gasteiger partial charge in [-0.15, -0.1) is 0 Å². The molecule has 0 aromatic heterocycles. The Morgan fingerprint density at radius 2 is 1.82 bits per heavy atom. The molecule has 0 spiro atoms. The molecule has 114 valence electrons. The molecule has 2 rings (SSSR count). The van der Waals surface area contributed by atoms with Crippen molar-refractivity contribution < 1.29 is 14.0 Å². The van der Waals surface area contributed by atoms with Crippen LogP contribution in [0, 0.1) is 12.7 Å². The molecule has 22 heavy (non-hydrogen) atoms. The Hall–Kier alpha value is -2.40. The van der Waals surface area contributed by atoms with E-state index in [-0.39, 0.29) is 18.0 Å². The number of nitrogens with one attached hydrogen (secondary N) is 2. The number of amides is 2. The third-order valence-corrected chi connectivity index (χ3v) is 3.22. The number of halogens is 2. The first-order chi connectivity index (χ1) is 10.5. The lowest BCUT2D eigenvalue weighted by atomic mass is 10.2. The summed E-state index contributed by atoms with van der Waals surface area (Å²) in [5.74, 6) is -1.25. The molecule has 6 heteroatoms. The molecule has 0 unspecified atom stereocenters. The molecule has 2 amide bonds. The molecule has 0 heterocycles. The van der Waals surface area contributed by atoms with E-state index in [0.717, 1.165) is 5.56 Å². The van der Waals surface area contributed by atoms with E-state index in [1.165, 1.54) is 24.3 Å². The van der Waals surface area contributed by atoms with E-state index in [1.807, 2.05) is 6.92 Å². The maximum atomic E-state index is 12.8. The molecule has 4 nitrogen and oxygen atoms in total. The zero-order valence-electron chi connectivity index (χ0n) is 11.8. The fraction of sp³-hybridized carbons (Fsp3) is 0.125. The molecule has 2 N–H and O–H groups in total. The summed E-state index contributed by atoms with van der Waals surface area (Å²) in [6, 6.07) is 10.2. The third kappa shape index (κ3) is 4.30. The van der Waals surface area contributed by atoms with Gasteiger partial charge in [0.1, 0.15) is 5.82 Å². The molecule has 0 aliphatic heterocycles. The minimum absolute atomic E-state index is 0.192. The summed E-state index contributed by atoms with van der Waals surface area (Å²) >= 11 is 5.87. The van der Waals surface area contributed by atoms with Gasteiger partial charge in [-0.2, -0.15) is 0 Å². The number of carbonyl (C=O) groups excluding carboxylic acids is 2. The fourth-order valence-electron chi connectivity index (χ4n) is 1.79. The van der Waals surface area contributed by atoms with E-state index in [2.05, 4.69) is 10.6 Å². The first kappa shape index (κ1) is 16.0. The van der Waals surface area contributed by atoms with Crippen LogP contribution >= 0.6 is 11.6 Å². The van der Waals surface area contributed by atoms with E-state index in [4.69, 9.17) is 11.6 Å². The molecule has 0 radical (unpaired) electrons. The predicted octanol–water partition coefficient (Wildman–Crippen LogP) is 3.16. The van der Waals surface area contributed by atoms with Gasteiger partial charge in [-0.05, 0) is 48.9 Å². The minimum Gasteiger partial charge on any atom is -0.343 e. The Balaban J connectivity index is 1.91. The Kier molecular flexibility index (Phi) is 5.12. The maximum absolute atomic E-state index is 12.8. The average molecular weight is 321 g/mol. The zero-order valence-corrected chi connectivity index (χ0v) is 12.6. The molecule has 2 aromatic carbocycles. The molecule has 0 saturated heterocycles. The predicted molar refractivity (Wildman–Crippen MR) is 83.6 cm³/mol. The van der Waals surface area contributed by atoms with E-state index >= 15 is 0 Å². The number of carbonyl (C=O) groups is 2. The summed E-state index contributed by atoms with van der Waals surface area (Å²) in [6.45, 7) is 1.64. The van der Waals surface area contributed by atoms with Gasteiger partial charge in [-0.3, -0.25) is 9.59 Å². The highest BCUT2D eigenvalue weighted by Crippen LogP contribution is 2.19. The monoisotopic (exact) mass is 320 g/mol. The first-order valence-corrected chi connectivity index (χ1v) is 6.93. The quantitative estimate of drug-likeness (QED) is 0.909. The lowest BCUT2D eigenvalue weighted by Crippen LogP contribution is -2.33. The Morgan fingerprint density at radius 3 is 2.50 bits per heavy atom. The van der Waals surface area contributed by atoms with Gasteiger partial charge >= 0.3 is 0 Å². The second-order valence-corrected chi connectivity index (χ2v) is 5.13. The minimum atomic E-state index is -0.446. The third-order valence-electron chi connectivity index (χ3n) is 2.99. The van der Waals surface area contributed by atoms with Crippen molar-refractivity contribution in [2.24, 2.45) is 0 Å². The van der Waals surface area contributed by atoms with Crippen LogP contribution in [-0.4, -0.2) is 18.4 Å². The van der Waals surface area contributed by atoms with Crippen LogP contribution in [-0.2, 0) is 4.79 Å². The standard InChI is InChI=1S/C16H14ClFN2O2/c1-10-2-5-12(17)8-14(10)20-15(21)9-19-16(22)11-3-6-13(18)7-4-11/h2-8H,9H2,1H3,(H,19,22)(H,20,21). The fourth-order valence-corrected chi connectivity index (χ4v) is 1.96. The highest BCUT2D eigenvalue weighted by molar-refractivity contribution is 6.31. The summed E-state index contributed by atoms with van der Waals surface area (Å²) in [7, 11) is 0. The van der Waals surface area contributed by atoms with Gasteiger partial charge < -0.3 is 10.6 Å². The van der Waals surface area contributed by atoms with Crippen molar-refractivity contribution >= 4 is 29.1 Å². The highest BCUT2D eigenvalue weighted by Gasteiger charge is 2.09. The van der Waals surface area contributed by atoms with Gasteiger partial charge in [0.05, 0.1) is 6.54 Å². The van der Waals surface area contributed by atoms with Crippen LogP contribution in [0.4, 0.5) is 10.1 Å². The van der Waals surface area contributed by atoms with Crippen LogP contribution in [0.2, 0.25) is 5.02 Å². The van der Waals surface area contributed by atoms with Crippen molar-refractivity contribution in [3.05, 3.63) is 64.4 Å². The number of hydrogen-bond donors (Lipinski definition) is 2. The summed E-state index contributed by atoms with van der Waals surface area (Å²) in [6.07, 6.45) is 0. The molecule has 0 aliphatic rings. The van der Waals surface area contributed by atoms with Gasteiger partial charge in [0.25, 0.3) is 5.91 Å². The number of rotatable bonds is 4. The first-order valence-electron chi connectivity index (χ1n) is 6.55. The number of benzene rings is 2. The second kappa shape index (κ2) is 7.04. The maximum Gasteiger partial charge on any atom is 0.251 e. The lowest BCUT2D eigenvalue weighted by Gasteiger charge is -2.09. The zero-order chi connectivity index (χ0) is 16.1. The largest absolute Gasteiger partial charge is 0.343 e. The average Bonchev–Trinajstić information content (AvgIpc) is 2.49. The van der Waals surface area contributed by atoms with E-state index in [1.54, 1.807) is 18.2 Å². The smallest absolute Gasteiger partial charge is 0.251 e. The van der Waals surface area contributed by atoms with Crippen molar-refractivity contribution in [2.45, 2.75) is 6.92 Å². The number of aryl methyl sites for hydroxylation is 1. The summed E-state index contributed by atoms with van der Waals surface area (Å²) in [5.41, 5.74) is 1.74. The van der Waals surface area contributed by atoms with E-state index < -0.39 is 11.7 Å². The van der Waals surface area contributed by atoms with Crippen molar-refractivity contribution in [3.8, 4) is 0 Å². The van der Waals surface area contributed by atoms with Crippen molar-refractivity contribution in [1.29, 1.82) is 0 Å². The lowest BCUT2D eigenvalue weighted by molar-refractivity contribution is -0.115. The van der Waals surface area contributed by atoms with E-state index in [9.17, 15) is 14.0 Å². The van der Waals surface area contributed by atoms with Gasteiger partial charge in [0.15, 0.2) is 0 Å². The van der Waals surface area contributed by atoms with Gasteiger partial charge in [0, 0.05) is 16.3 Å². The summed E-state index contributed by atoms with van der Waals surface area (Å²) < 4.78 is 12.8. The number of hydrogen-bond acceptors (Lipinski definition) is 2. The Bertz CT molecular complexity index is 702. The SMILES string of the molecule is Cc1ccc(Cl)cc1NC(=O)CNC(=O)c1ccc(F)cc1. The highest BCUT2D eigenvalue weighted by atomic mass is 35.5. The van der Waals surface area contributed by atoms with Crippen molar-refractivity contribution in [2.75, 3.05) is 11.9 Å². The van der Waals surface area contributed by atoms with Gasteiger partial charge in [-0.1, -0.05) is 17.7 Å². The molecule has 2 aromatic rings. The van der Waals surface area contributed by atoms with Crippen LogP contribution in [0.5, 0.6) is 0 Å². The normalized spacial score (nSPS) is 10.1. The van der Waals surface area contributed by atoms with Crippen LogP contribution in [0.25, 0.3) is 0 Å². The topological polar surface area (TPSA) is 58.2 Å². The number of anilines is 1. The van der Waals surface area contributed by atoms with Gasteiger partial charge in [0.2, 0.25) is 5.91 Å². The van der Waals surface area contributed by atoms with Crippen LogP contribution in [0.3, 0.4) is 0 Å². The Labute approximate surface area is 132 Å². The molecular weight excluding hydrogens is 307 g/mol. The molecule has 0 fully saturated rings. The molecule has 0 atom stereocenters. The van der Waals surface area contributed by atoms with Crippen molar-refractivity contribution in [3.63, 3.8) is 0 Å². The van der Waals surface area contributed by atoms with Crippen LogP contribution < -0.4 is 10.6 Å². The van der Waals surface area contributed by atoms with Crippen LogP contribution in [0.1, 0.15) is 15.9 Å². The van der Waals surface area contributed by atoms with Gasteiger partial charge in [-0.25, -0.2) is 4.39 Å². The summed E-state index contributed by atoms with van der Waals surface area (Å²) in [4.78, 5) is 23.6. The molecule has 0 bridgehead atoms. The Morgan fingerprint density at radius 1 is 1.14 bits per heavy atom. The van der Waals surface area contributed by atoms with Crippen molar-refractivity contribution in [1.82, 2.24) is 5.32 Å². The van der Waals surface area contributed by atoms with E-state index in [0.29, 0.717) is 10.7 Å². The summed E-state index contributed by atoms with van der Waals surface area (Å²) in [5, 5.41) is 5.65.